The number of aromatic nitrogens is 3. The number of aliphatic hydroxyl groups excluding tert-OH is 1. The summed E-state index contributed by atoms with van der Waals surface area (Å²) in [7, 11) is 0.284. The van der Waals surface area contributed by atoms with Crippen LogP contribution in [0.1, 0.15) is 266 Å². The van der Waals surface area contributed by atoms with Gasteiger partial charge in [-0.15, -0.1) is 0 Å². The van der Waals surface area contributed by atoms with Crippen LogP contribution in [0.5, 0.6) is 34.9 Å². The molecule has 1 fully saturated rings. The van der Waals surface area contributed by atoms with Gasteiger partial charge in [-0.05, 0) is 159 Å². The monoisotopic (exact) mass is 1580 g/mol. The smallest absolute Gasteiger partial charge is 0.439 e. The molecule has 6 aromatic rings. The third-order valence-corrected chi connectivity index (χ3v) is 26.8. The highest BCUT2D eigenvalue weighted by Crippen LogP contribution is 2.40. The molecule has 2 N–H and O–H groups in total. The summed E-state index contributed by atoms with van der Waals surface area (Å²) in [5.41, 5.74) is 3.40. The number of anilines is 3. The molecule has 2 aliphatic heterocycles. The minimum Gasteiger partial charge on any atom is -0.439 e. The third kappa shape index (κ3) is 18.6. The van der Waals surface area contributed by atoms with E-state index in [0.717, 1.165) is 23.6 Å². The molecule has 3 aromatic carbocycles. The minimum atomic E-state index is -1.87. The number of hydrogen-bond acceptors (Lipinski definition) is 18. The number of hydrogen-bond donors (Lipinski definition) is 2. The lowest BCUT2D eigenvalue weighted by atomic mass is 9.76. The molecular formula is C66H200B2BrN9O12Si2. The maximum absolute atomic E-state index is 11.9. The van der Waals surface area contributed by atoms with E-state index in [2.05, 4.69) is 113 Å². The predicted molar refractivity (Wildman–Crippen MR) is 493 cm³/mol. The molecule has 0 atom stereocenters. The molecule has 5 heterocycles. The van der Waals surface area contributed by atoms with Crippen molar-refractivity contribution in [3.05, 3.63) is 146 Å². The summed E-state index contributed by atoms with van der Waals surface area (Å²) in [4.78, 5) is 52.7. The summed E-state index contributed by atoms with van der Waals surface area (Å²) in [5.74, 6) is 4.06. The van der Waals surface area contributed by atoms with E-state index < -0.39 is 42.1 Å². The molecule has 0 saturated carbocycles. The average Bonchev–Trinajstić information content (AvgIpc) is 1.61. The highest BCUT2D eigenvalue weighted by atomic mass is 79.9. The number of aliphatic hydroxyl groups is 1. The van der Waals surface area contributed by atoms with Gasteiger partial charge in [-0.25, -0.2) is 29.5 Å². The topological polar surface area (TPSA) is 210 Å². The van der Waals surface area contributed by atoms with Gasteiger partial charge < -0.3 is 61.9 Å². The first-order valence-corrected chi connectivity index (χ1v) is 36.6. The van der Waals surface area contributed by atoms with Crippen LogP contribution in [0.25, 0.3) is 14.5 Å². The van der Waals surface area contributed by atoms with E-state index >= 15 is 0 Å². The molecule has 0 amide bonds. The van der Waals surface area contributed by atoms with Gasteiger partial charge in [0.1, 0.15) is 41.0 Å². The van der Waals surface area contributed by atoms with Crippen molar-refractivity contribution in [2.75, 3.05) is 75.3 Å². The molecular weight excluding hydrogens is 1270 g/mol. The summed E-state index contributed by atoms with van der Waals surface area (Å²) in [6.45, 7) is 55.2. The molecule has 0 bridgehead atoms. The van der Waals surface area contributed by atoms with Crippen molar-refractivity contribution in [1.82, 2.24) is 15.0 Å². The molecule has 8 rings (SSSR count). The second-order valence-corrected chi connectivity index (χ2v) is 36.6. The first-order valence-electron chi connectivity index (χ1n) is 86.9. The van der Waals surface area contributed by atoms with Crippen molar-refractivity contribution >= 4 is 105 Å². The van der Waals surface area contributed by atoms with E-state index in [1.165, 1.54) is 0 Å². The zero-order valence-corrected chi connectivity index (χ0v) is 59.4. The summed E-state index contributed by atoms with van der Waals surface area (Å²) in [5, 5.41) is 19.0. The van der Waals surface area contributed by atoms with Crippen LogP contribution in [0.3, 0.4) is 0 Å². The van der Waals surface area contributed by atoms with Crippen molar-refractivity contribution in [2.24, 2.45) is 0 Å². The molecule has 26 heteroatoms. The van der Waals surface area contributed by atoms with Crippen LogP contribution in [-0.2, 0) is 29.4 Å². The largest absolute Gasteiger partial charge is 0.495 e. The summed E-state index contributed by atoms with van der Waals surface area (Å²) < 4.78 is 618. The van der Waals surface area contributed by atoms with Crippen LogP contribution in [0.4, 0.5) is 34.5 Å². The summed E-state index contributed by atoms with van der Waals surface area (Å²) in [6, 6.07) is 25.6. The second kappa shape index (κ2) is 30.9. The van der Waals surface area contributed by atoms with Crippen LogP contribution in [0.15, 0.2) is 95.5 Å². The highest BCUT2D eigenvalue weighted by molar-refractivity contribution is 9.10. The quantitative estimate of drug-likeness (QED) is 0.0368. The number of pyridine rings is 3. The van der Waals surface area contributed by atoms with E-state index in [-0.39, 0.29) is 18.1 Å². The molecule has 0 radical (unpaired) electrons. The number of rotatable bonds is 22. The van der Waals surface area contributed by atoms with Crippen LogP contribution >= 0.6 is 15.9 Å². The van der Waals surface area contributed by atoms with Gasteiger partial charge in [-0.3, -0.25) is 9.59 Å². The molecule has 1 saturated heterocycles. The maximum atomic E-state index is 11.9. The Labute approximate surface area is 730 Å². The van der Waals surface area contributed by atoms with Crippen molar-refractivity contribution in [3.8, 4) is 34.9 Å². The third-order valence-electron chi connectivity index (χ3n) is 17.0. The number of likely N-dealkylation sites (N-methyl/N-ethyl adjacent to an activating group) is 3. The van der Waals surface area contributed by atoms with E-state index in [1.807, 2.05) is 51.6 Å². The Balaban J connectivity index is -0.0000000251. The zero-order valence-electron chi connectivity index (χ0n) is 170. The standard InChI is InChI=1S/C28H40BN3O5Si.C22H28BrN3O3Si.C16H16BN3O4.58H2/c1-26(2,3)38(10,11)34-17-16-32(9)25-23(30-8)14-15-24(31-25)35-21-12-13-22(20(18-21)19-33)29-36-27(4,5)28(6,7)37-29;1-22(2,3)30(6,7)28-13-12-26(5)21-19(24-4)10-11-20(25-21)29-17-8-9-18(23)16(14-17)15-27;1-18-14-5-6-15(19-16(14)20(2)7-8-21)24-12-3-4-13-11(9-12)10-23-17(13)22;;;;;;;;;;;;;;;;;;;;;;;;;;;;;;;;;;;;;;;;;;;;;;;;;;;;;;;;;;/h12-15,18-19H,16-17H2,1-7,9-11H3;8-11,14-15H,12-13H2,1-3,5-7H3;3-6,9,21-22H,7-8,10H2,2H3;58*1H/i;;;57*1+1D;1+1. The number of fused-ring (bicyclic) bond motifs is 1. The minimum absolute atomic E-state index is 0. The van der Waals surface area contributed by atoms with E-state index in [0.29, 0.717) is 130 Å². The Hall–Kier alpha value is -7.52. The van der Waals surface area contributed by atoms with Crippen LogP contribution in [-0.4, -0.2) is 140 Å². The number of carbonyl (C=O) groups is 2. The molecule has 0 aliphatic carbocycles. The van der Waals surface area contributed by atoms with E-state index in [1.54, 1.807) is 103 Å². The zero-order chi connectivity index (χ0) is 182. The molecule has 21 nitrogen and oxygen atoms in total. The van der Waals surface area contributed by atoms with Gasteiger partial charge >= 0.3 is 14.2 Å². The lowest BCUT2D eigenvalue weighted by Crippen LogP contribution is -2.42. The molecule has 2 aliphatic rings. The molecule has 0 unspecified atom stereocenters. The Morgan fingerprint density at radius 3 is 1.39 bits per heavy atom. The van der Waals surface area contributed by atoms with Gasteiger partial charge in [0.25, 0.3) is 0 Å². The fourth-order valence-corrected chi connectivity index (χ4v) is 10.9. The Kier molecular flexibility index (Phi) is 9.23. The van der Waals surface area contributed by atoms with Crippen LogP contribution in [0.2, 0.25) is 36.3 Å². The van der Waals surface area contributed by atoms with Crippen LogP contribution in [0, 0.1) is 19.7 Å². The first-order chi connectivity index (χ1) is 100. The van der Waals surface area contributed by atoms with Gasteiger partial charge in [0.05, 0.1) is 57.3 Å². The molecule has 0 spiro atoms. The second-order valence-electron chi connectivity index (χ2n) is 26.1. The molecule has 602 valence electrons. The van der Waals surface area contributed by atoms with Gasteiger partial charge in [-0.1, -0.05) is 69.6 Å². The van der Waals surface area contributed by atoms with Crippen molar-refractivity contribution < 1.29 is 227 Å². The van der Waals surface area contributed by atoms with Crippen molar-refractivity contribution in [2.45, 2.75) is 123 Å². The first kappa shape index (κ1) is 27.4. The summed E-state index contributed by atoms with van der Waals surface area (Å²) in [6.07, 6.45) is 1.53. The highest BCUT2D eigenvalue weighted by Gasteiger charge is 2.52. The van der Waals surface area contributed by atoms with Gasteiger partial charge in [0.15, 0.2) is 22.9 Å². The number of halogens is 1. The Bertz CT molecular complexity index is 3910. The normalized spacial score (nSPS) is 19.0. The summed E-state index contributed by atoms with van der Waals surface area (Å²) >= 11 is 3.32. The fraction of sp³-hybridized carbons (Fsp3) is 0.424. The SMILES string of the molecule is [2HH].[2H][2H].[2H][2H].[2H][2H].[2H][2H].[2H][2H].[2H][2H].[2H][2H].[2H][2H].[2H][2H].[2H][2H].[2H][2H].[2H][2H].[2H][2H].[2H][2H].[2H][2H].[2H][2H].[2H][2H].[2H][2H].[2H][2H].[2H][2H].[2H][2H].[2H][2H].[2H][2H].[2H][2H].[2H][2H].[2H][2H].[2H][2H].[2H][2H].[2H][2H].[2H][2H].[2H][2H].[2H][2H].[2H][2H].[2H][2H].[2H][2H].[2H][2H].[2H][2H].[2H][2H].[2H][2H].[2H][2H].[2H][2H].[2H][2H].[2H][2H].[2H][2H].[2H][2H].[2H][2H].[2H][2H].[2H][2H].[2H][2H].[2H][2H].[2H][2H].[2H][2H].[2H][2H].[2H][2H].[2H][2H].[2H][2H].[2H][2H].[C-]#[N+]c1ccc(Oc2ccc(B3OC(C)(C)C(C)(C)O3)c(C=O)c2)nc1N(C)CCO[Si](C)(C)C(C)(C)C.[C-]#[N+]c1ccc(Oc2ccc(Br)c(C=O)c2)nc1N(C)CCO[Si](C)(C)C(C)(C)C.[C-]#[N+]c1ccc(Oc2ccc3c(c2)COB3O)nc1N(C)CCO. The maximum Gasteiger partial charge on any atom is 0.495 e. The molecule has 92 heavy (non-hydrogen) atoms. The Morgan fingerprint density at radius 2 is 1.00 bits per heavy atom. The number of carbonyl (C=O) groups excluding carboxylic acids is 2. The van der Waals surface area contributed by atoms with Gasteiger partial charge in [0, 0.05) is 227 Å². The van der Waals surface area contributed by atoms with Crippen molar-refractivity contribution in [1.29, 1.82) is 0 Å². The predicted octanol–water partition coefficient (Wildman–Crippen LogP) is 27.8. The van der Waals surface area contributed by atoms with E-state index in [4.69, 9.17) is 231 Å². The number of aldehydes is 2. The van der Waals surface area contributed by atoms with Crippen LogP contribution < -0.4 is 39.8 Å². The van der Waals surface area contributed by atoms with Gasteiger partial charge in [-0.2, -0.15) is 0 Å². The van der Waals surface area contributed by atoms with Crippen molar-refractivity contribution in [3.63, 3.8) is 0 Å². The molecule has 3 aromatic heterocycles. The lowest BCUT2D eigenvalue weighted by molar-refractivity contribution is 0.00578. The Morgan fingerprint density at radius 1 is 0.620 bits per heavy atom. The number of benzene rings is 3. The average molecular weight is 1590 g/mol. The number of ether oxygens (including phenoxy) is 3. The van der Waals surface area contributed by atoms with Gasteiger partial charge in [0.2, 0.25) is 34.7 Å². The van der Waals surface area contributed by atoms with E-state index in [9.17, 15) is 14.6 Å². The fourth-order valence-electron chi connectivity index (χ4n) is 8.53. The number of nitrogens with zero attached hydrogens (tertiary/aromatic N) is 9. The lowest BCUT2D eigenvalue weighted by Gasteiger charge is -2.36.